The molecule has 360 valence electrons. The molecule has 1 aliphatic carbocycles. The van der Waals surface area contributed by atoms with Crippen LogP contribution in [0.15, 0.2) is 22.8 Å². The average molecular weight is 1000 g/mol. The Kier molecular flexibility index (Phi) is 23.6. The zero-order valence-electron chi connectivity index (χ0n) is 43.3. The molecule has 2 saturated heterocycles. The zero-order valence-corrected chi connectivity index (χ0v) is 47.2. The van der Waals surface area contributed by atoms with E-state index < -0.39 is 37.9 Å². The topological polar surface area (TPSA) is 87.0 Å². The number of rotatable bonds is 26. The van der Waals surface area contributed by atoms with Crippen LogP contribution in [0.25, 0.3) is 0 Å². The zero-order chi connectivity index (χ0) is 47.0. The van der Waals surface area contributed by atoms with E-state index in [4.69, 9.17) is 23.4 Å². The Balaban J connectivity index is 1.97. The van der Waals surface area contributed by atoms with E-state index in [1.807, 2.05) is 13.8 Å². The first-order valence-electron chi connectivity index (χ1n) is 25.8. The molecule has 7 atom stereocenters. The van der Waals surface area contributed by atoms with Crippen LogP contribution in [0, 0.1) is 38.4 Å². The van der Waals surface area contributed by atoms with E-state index in [1.54, 1.807) is 6.92 Å². The number of nitriles is 1. The first kappa shape index (κ1) is 56.2. The Morgan fingerprint density at radius 2 is 1.57 bits per heavy atom. The van der Waals surface area contributed by atoms with Crippen LogP contribution >= 0.6 is 0 Å². The molecule has 0 aromatic carbocycles. The molecule has 3 aliphatic rings. The molecule has 0 unspecified atom stereocenters. The van der Waals surface area contributed by atoms with Gasteiger partial charge in [0.2, 0.25) is 0 Å². The van der Waals surface area contributed by atoms with Crippen molar-refractivity contribution in [3.63, 3.8) is 0 Å². The molecular weight excluding hydrogens is 905 g/mol. The maximum atomic E-state index is 13.2. The molecule has 9 heteroatoms. The van der Waals surface area contributed by atoms with Crippen molar-refractivity contribution in [2.45, 2.75) is 260 Å². The van der Waals surface area contributed by atoms with Gasteiger partial charge in [0.05, 0.1) is 0 Å². The minimum atomic E-state index is -2.92. The van der Waals surface area contributed by atoms with Crippen LogP contribution in [-0.2, 0) is 28.2 Å². The number of hydrogen-bond acceptors (Lipinski definition) is 7. The number of unbranched alkanes of at least 4 members (excludes halogenated alkanes) is 3. The number of ether oxygens (including phenoxy) is 4. The molecule has 0 bridgehead atoms. The fourth-order valence-electron chi connectivity index (χ4n) is 12.2. The molecule has 3 rings (SSSR count). The number of allylic oxidation sites excluding steroid dienone is 2. The molecule has 0 saturated carbocycles. The molecule has 0 aromatic rings. The molecule has 0 amide bonds. The third-order valence-electron chi connectivity index (χ3n) is 15.5. The van der Waals surface area contributed by atoms with Crippen molar-refractivity contribution in [1.29, 1.82) is 5.26 Å². The van der Waals surface area contributed by atoms with Gasteiger partial charge in [-0.1, -0.05) is 41.5 Å². The Labute approximate surface area is 393 Å². The second-order valence-corrected chi connectivity index (χ2v) is 39.3. The summed E-state index contributed by atoms with van der Waals surface area (Å²) in [7, 11) is -1.88. The maximum absolute atomic E-state index is 13.2. The fraction of sp³-hybridized carbons (Fsp3) is 0.852. The van der Waals surface area contributed by atoms with E-state index in [2.05, 4.69) is 105 Å². The van der Waals surface area contributed by atoms with E-state index in [-0.39, 0.29) is 36.3 Å². The van der Waals surface area contributed by atoms with Gasteiger partial charge in [-0.2, -0.15) is 0 Å². The normalized spacial score (nSPS) is 26.0. The summed E-state index contributed by atoms with van der Waals surface area (Å²) in [6, 6.07) is 2.51. The summed E-state index contributed by atoms with van der Waals surface area (Å²) >= 11 is -2.92. The van der Waals surface area contributed by atoms with Crippen LogP contribution in [0.5, 0.6) is 0 Å². The number of hydrogen-bond donors (Lipinski definition) is 0. The van der Waals surface area contributed by atoms with Crippen molar-refractivity contribution in [3.05, 3.63) is 22.8 Å². The molecule has 0 aromatic heterocycles. The van der Waals surface area contributed by atoms with Gasteiger partial charge in [0, 0.05) is 6.61 Å². The molecule has 0 N–H and O–H groups in total. The van der Waals surface area contributed by atoms with Crippen LogP contribution in [0.4, 0.5) is 0 Å². The quantitative estimate of drug-likeness (QED) is 0.0280. The Hall–Kier alpha value is -1.14. The Morgan fingerprint density at radius 1 is 0.968 bits per heavy atom. The molecule has 7 nitrogen and oxygen atoms in total. The van der Waals surface area contributed by atoms with Crippen molar-refractivity contribution < 1.29 is 28.2 Å². The van der Waals surface area contributed by atoms with Gasteiger partial charge < -0.3 is 4.43 Å². The van der Waals surface area contributed by atoms with Crippen molar-refractivity contribution in [3.8, 4) is 15.9 Å². The van der Waals surface area contributed by atoms with Crippen LogP contribution in [0.1, 0.15) is 200 Å². The van der Waals surface area contributed by atoms with E-state index in [9.17, 15) is 10.1 Å². The van der Waals surface area contributed by atoms with Crippen LogP contribution < -0.4 is 0 Å². The van der Waals surface area contributed by atoms with Gasteiger partial charge in [0.1, 0.15) is 0 Å². The molecule has 2 fully saturated rings. The van der Waals surface area contributed by atoms with Crippen LogP contribution in [0.3, 0.4) is 0 Å². The van der Waals surface area contributed by atoms with Gasteiger partial charge >= 0.3 is 305 Å². The SMILES string of the molecule is CCC[CH2][Sn]([C]#C[C@H]1C(C)=C([C@@H]2COC(C)(C)O2)CC[C@]1(CCC#N)[C@H](CC/C=C(\C)[C@@H]1O[C@H](CCCO[Si](C(C)C)(C(C)C)C(C)C)C[C@H]1C)OC(C)=O)([CH2]CCC)[CH2]CCC. The summed E-state index contributed by atoms with van der Waals surface area (Å²) in [6.07, 6.45) is 16.8. The molecular formula is C54H95NO6SiSn. The van der Waals surface area contributed by atoms with Gasteiger partial charge in [-0.25, -0.2) is 0 Å². The average Bonchev–Trinajstić information content (AvgIpc) is 3.79. The third-order valence-corrected chi connectivity index (χ3v) is 34.8. The van der Waals surface area contributed by atoms with Crippen molar-refractivity contribution in [2.75, 3.05) is 13.2 Å². The predicted octanol–water partition coefficient (Wildman–Crippen LogP) is 15.0. The number of nitrogens with zero attached hydrogens (tertiary/aromatic N) is 1. The van der Waals surface area contributed by atoms with Crippen molar-refractivity contribution in [2.24, 2.45) is 17.3 Å². The first-order chi connectivity index (χ1) is 29.8. The van der Waals surface area contributed by atoms with Crippen LogP contribution in [0.2, 0.25) is 29.9 Å². The van der Waals surface area contributed by atoms with Gasteiger partial charge in [0.15, 0.2) is 8.32 Å². The summed E-state index contributed by atoms with van der Waals surface area (Å²) in [5.41, 5.74) is 5.09. The summed E-state index contributed by atoms with van der Waals surface area (Å²) in [4.78, 5) is 13.2. The van der Waals surface area contributed by atoms with Gasteiger partial charge in [-0.05, 0) is 29.5 Å². The van der Waals surface area contributed by atoms with E-state index in [0.29, 0.717) is 48.4 Å². The van der Waals surface area contributed by atoms with Crippen molar-refractivity contribution in [1.82, 2.24) is 0 Å². The summed E-state index contributed by atoms with van der Waals surface area (Å²) in [6.45, 7) is 34.8. The summed E-state index contributed by atoms with van der Waals surface area (Å²) in [5.74, 6) is 3.52. The number of esters is 1. The Morgan fingerprint density at radius 3 is 2.08 bits per heavy atom. The van der Waals surface area contributed by atoms with Gasteiger partial charge in [-0.15, -0.1) is 0 Å². The summed E-state index contributed by atoms with van der Waals surface area (Å²) in [5, 5.41) is 10.2. The minimum absolute atomic E-state index is 0.0833. The predicted molar refractivity (Wildman–Crippen MR) is 268 cm³/mol. The fourth-order valence-corrected chi connectivity index (χ4v) is 31.0. The number of carbonyl (C=O) groups is 1. The summed E-state index contributed by atoms with van der Waals surface area (Å²) < 4.78 is 41.1. The standard InChI is InChI=1S/C42H68NO6Si.3C4H9.Sn/c1-14-37-33(10)36(38-27-45-41(12,13)49-38)21-23-42(37,22-17-24-43)39(47-34(11)44)20-15-18-31(8)40-32(9)26-35(48-40)19-16-25-46-50(28(2)3,29(4)5)30(6)7;3*1-3-4-2;/h18,28-30,32,35,37-40H,15-17,19-23,25-27H2,2-13H3;3*1,3-4H2,2H3;/b31-18+;;;;/t32-,35-,37+,38+,39+,40+,42+;;;;/m1..../s1. The second kappa shape index (κ2) is 26.4. The van der Waals surface area contributed by atoms with E-state index >= 15 is 0 Å². The van der Waals surface area contributed by atoms with Gasteiger partial charge in [-0.3, -0.25) is 0 Å². The molecule has 2 heterocycles. The van der Waals surface area contributed by atoms with Crippen LogP contribution in [-0.4, -0.2) is 76.1 Å². The molecule has 0 spiro atoms. The third kappa shape index (κ3) is 15.2. The first-order valence-corrected chi connectivity index (χ1v) is 35.4. The molecule has 2 aliphatic heterocycles. The molecule has 63 heavy (non-hydrogen) atoms. The van der Waals surface area contributed by atoms with E-state index in [0.717, 1.165) is 45.1 Å². The van der Waals surface area contributed by atoms with Crippen molar-refractivity contribution >= 4 is 32.7 Å². The molecule has 0 radical (unpaired) electrons. The second-order valence-electron chi connectivity index (χ2n) is 21.5. The van der Waals surface area contributed by atoms with E-state index in [1.165, 1.54) is 68.6 Å². The Bertz CT molecular complexity index is 1540. The monoisotopic (exact) mass is 1000 g/mol. The van der Waals surface area contributed by atoms with Gasteiger partial charge in [0.25, 0.3) is 0 Å². The number of carbonyl (C=O) groups excluding carboxylic acids is 1.